The minimum absolute atomic E-state index is 0.201. The van der Waals surface area contributed by atoms with Crippen molar-refractivity contribution in [3.63, 3.8) is 0 Å². The second kappa shape index (κ2) is 5.63. The van der Waals surface area contributed by atoms with E-state index < -0.39 is 11.6 Å². The van der Waals surface area contributed by atoms with Crippen molar-refractivity contribution in [2.24, 2.45) is 0 Å². The van der Waals surface area contributed by atoms with Crippen LogP contribution in [0, 0.1) is 11.6 Å². The Morgan fingerprint density at radius 3 is 2.56 bits per heavy atom. The highest BCUT2D eigenvalue weighted by atomic mass is 19.1. The maximum absolute atomic E-state index is 13.9. The van der Waals surface area contributed by atoms with Crippen molar-refractivity contribution in [1.29, 1.82) is 0 Å². The van der Waals surface area contributed by atoms with Crippen LogP contribution in [0.5, 0.6) is 5.75 Å². The summed E-state index contributed by atoms with van der Waals surface area (Å²) < 4.78 is 26.9. The molecule has 0 aromatic heterocycles. The Balaban J connectivity index is 2.32. The number of nitrogens with zero attached hydrogens (tertiary/aromatic N) is 1. The third-order valence-electron chi connectivity index (χ3n) is 3.38. The molecule has 1 aromatic carbocycles. The molecule has 0 spiro atoms. The Labute approximate surface area is 105 Å². The summed E-state index contributed by atoms with van der Waals surface area (Å²) in [6, 6.07) is 1.61. The SMILES string of the molecule is CC[C@@H](c1c(O)cc(F)cc1F)N1CCNCC1. The van der Waals surface area contributed by atoms with E-state index in [1.807, 2.05) is 6.92 Å². The average molecular weight is 256 g/mol. The fourth-order valence-electron chi connectivity index (χ4n) is 2.54. The van der Waals surface area contributed by atoms with Gasteiger partial charge in [-0.25, -0.2) is 8.78 Å². The van der Waals surface area contributed by atoms with Crippen LogP contribution in [0.2, 0.25) is 0 Å². The molecule has 1 saturated heterocycles. The van der Waals surface area contributed by atoms with Gasteiger partial charge in [0.05, 0.1) is 0 Å². The van der Waals surface area contributed by atoms with Crippen LogP contribution in [0.1, 0.15) is 24.9 Å². The molecular weight excluding hydrogens is 238 g/mol. The van der Waals surface area contributed by atoms with Gasteiger partial charge >= 0.3 is 0 Å². The molecule has 0 unspecified atom stereocenters. The lowest BCUT2D eigenvalue weighted by molar-refractivity contribution is 0.163. The largest absolute Gasteiger partial charge is 0.507 e. The monoisotopic (exact) mass is 256 g/mol. The Morgan fingerprint density at radius 2 is 2.00 bits per heavy atom. The van der Waals surface area contributed by atoms with Gasteiger partial charge in [-0.1, -0.05) is 6.92 Å². The third-order valence-corrected chi connectivity index (χ3v) is 3.38. The summed E-state index contributed by atoms with van der Waals surface area (Å²) in [6.45, 7) is 5.23. The molecule has 2 N–H and O–H groups in total. The van der Waals surface area contributed by atoms with E-state index in [2.05, 4.69) is 10.2 Å². The van der Waals surface area contributed by atoms with Gasteiger partial charge in [-0.05, 0) is 6.42 Å². The molecular formula is C13H18F2N2O. The molecule has 3 nitrogen and oxygen atoms in total. The minimum Gasteiger partial charge on any atom is -0.507 e. The summed E-state index contributed by atoms with van der Waals surface area (Å²) in [4.78, 5) is 2.12. The molecule has 0 aliphatic carbocycles. The standard InChI is InChI=1S/C13H18F2N2O/c1-2-11(17-5-3-16-4-6-17)13-10(15)7-9(14)8-12(13)18/h7-8,11,16,18H,2-6H2,1H3/t11-/m0/s1. The van der Waals surface area contributed by atoms with Crippen LogP contribution in [0.15, 0.2) is 12.1 Å². The number of benzene rings is 1. The van der Waals surface area contributed by atoms with E-state index in [9.17, 15) is 13.9 Å². The number of aromatic hydroxyl groups is 1. The molecule has 2 rings (SSSR count). The van der Waals surface area contributed by atoms with Gasteiger partial charge in [-0.3, -0.25) is 4.90 Å². The highest BCUT2D eigenvalue weighted by Gasteiger charge is 2.26. The molecule has 0 radical (unpaired) electrons. The van der Waals surface area contributed by atoms with Crippen LogP contribution in [0.4, 0.5) is 8.78 Å². The molecule has 1 atom stereocenters. The summed E-state index contributed by atoms with van der Waals surface area (Å²) in [6.07, 6.45) is 0.677. The van der Waals surface area contributed by atoms with E-state index in [0.29, 0.717) is 6.42 Å². The van der Waals surface area contributed by atoms with E-state index in [1.54, 1.807) is 0 Å². The zero-order valence-corrected chi connectivity index (χ0v) is 10.4. The van der Waals surface area contributed by atoms with Gasteiger partial charge in [-0.2, -0.15) is 0 Å². The average Bonchev–Trinajstić information content (AvgIpc) is 2.34. The Bertz CT molecular complexity index is 396. The Morgan fingerprint density at radius 1 is 1.33 bits per heavy atom. The van der Waals surface area contributed by atoms with Crippen molar-refractivity contribution in [3.8, 4) is 5.75 Å². The minimum atomic E-state index is -0.746. The van der Waals surface area contributed by atoms with Crippen LogP contribution in [0.25, 0.3) is 0 Å². The lowest BCUT2D eigenvalue weighted by Crippen LogP contribution is -2.45. The van der Waals surface area contributed by atoms with Crippen molar-refractivity contribution >= 4 is 0 Å². The number of nitrogens with one attached hydrogen (secondary N) is 1. The first-order chi connectivity index (χ1) is 8.63. The summed E-state index contributed by atoms with van der Waals surface area (Å²) in [5.74, 6) is -1.71. The number of phenolic OH excluding ortho intramolecular Hbond substituents is 1. The summed E-state index contributed by atoms with van der Waals surface area (Å²) >= 11 is 0. The van der Waals surface area contributed by atoms with E-state index >= 15 is 0 Å². The highest BCUT2D eigenvalue weighted by Crippen LogP contribution is 2.34. The topological polar surface area (TPSA) is 35.5 Å². The van der Waals surface area contributed by atoms with Crippen LogP contribution >= 0.6 is 0 Å². The van der Waals surface area contributed by atoms with Gasteiger partial charge < -0.3 is 10.4 Å². The Kier molecular flexibility index (Phi) is 4.14. The predicted molar refractivity (Wildman–Crippen MR) is 65.5 cm³/mol. The van der Waals surface area contributed by atoms with Gasteiger partial charge in [0, 0.05) is 49.9 Å². The third kappa shape index (κ3) is 2.62. The van der Waals surface area contributed by atoms with Crippen LogP contribution in [0.3, 0.4) is 0 Å². The molecule has 5 heteroatoms. The summed E-state index contributed by atoms with van der Waals surface area (Å²) in [7, 11) is 0. The van der Waals surface area contributed by atoms with Gasteiger partial charge in [0.1, 0.15) is 17.4 Å². The Hall–Kier alpha value is -1.20. The fourth-order valence-corrected chi connectivity index (χ4v) is 2.54. The lowest BCUT2D eigenvalue weighted by atomic mass is 10.00. The van der Waals surface area contributed by atoms with Crippen molar-refractivity contribution in [2.75, 3.05) is 26.2 Å². The maximum atomic E-state index is 13.9. The molecule has 1 aromatic rings. The highest BCUT2D eigenvalue weighted by molar-refractivity contribution is 5.36. The summed E-state index contributed by atoms with van der Waals surface area (Å²) in [5, 5.41) is 13.0. The smallest absolute Gasteiger partial charge is 0.134 e. The first-order valence-electron chi connectivity index (χ1n) is 6.26. The fraction of sp³-hybridized carbons (Fsp3) is 0.538. The number of hydrogen-bond donors (Lipinski definition) is 2. The molecule has 1 heterocycles. The normalized spacial score (nSPS) is 18.8. The second-order valence-corrected chi connectivity index (χ2v) is 4.53. The van der Waals surface area contributed by atoms with Crippen molar-refractivity contribution in [2.45, 2.75) is 19.4 Å². The molecule has 1 aliphatic heterocycles. The number of piperazine rings is 1. The van der Waals surface area contributed by atoms with Gasteiger partial charge in [0.15, 0.2) is 0 Å². The van der Waals surface area contributed by atoms with E-state index in [1.165, 1.54) is 0 Å². The number of rotatable bonds is 3. The van der Waals surface area contributed by atoms with Gasteiger partial charge in [-0.15, -0.1) is 0 Å². The van der Waals surface area contributed by atoms with Crippen molar-refractivity contribution in [3.05, 3.63) is 29.3 Å². The molecule has 0 amide bonds. The summed E-state index contributed by atoms with van der Waals surface area (Å²) in [5.41, 5.74) is 0.209. The molecule has 18 heavy (non-hydrogen) atoms. The molecule has 1 fully saturated rings. The maximum Gasteiger partial charge on any atom is 0.134 e. The molecule has 100 valence electrons. The number of hydrogen-bond acceptors (Lipinski definition) is 3. The van der Waals surface area contributed by atoms with Crippen LogP contribution < -0.4 is 5.32 Å². The molecule has 0 bridgehead atoms. The number of halogens is 2. The quantitative estimate of drug-likeness (QED) is 0.868. The predicted octanol–water partition coefficient (Wildman–Crippen LogP) is 2.03. The zero-order valence-electron chi connectivity index (χ0n) is 10.4. The molecule has 0 saturated carbocycles. The van der Waals surface area contributed by atoms with Crippen LogP contribution in [-0.2, 0) is 0 Å². The van der Waals surface area contributed by atoms with E-state index in [0.717, 1.165) is 38.3 Å². The van der Waals surface area contributed by atoms with Crippen molar-refractivity contribution in [1.82, 2.24) is 10.2 Å². The van der Waals surface area contributed by atoms with E-state index in [-0.39, 0.29) is 17.4 Å². The van der Waals surface area contributed by atoms with Gasteiger partial charge in [0.25, 0.3) is 0 Å². The van der Waals surface area contributed by atoms with Crippen LogP contribution in [-0.4, -0.2) is 36.2 Å². The molecule has 1 aliphatic rings. The van der Waals surface area contributed by atoms with E-state index in [4.69, 9.17) is 0 Å². The zero-order chi connectivity index (χ0) is 13.1. The number of phenols is 1. The van der Waals surface area contributed by atoms with Gasteiger partial charge in [0.2, 0.25) is 0 Å². The first kappa shape index (κ1) is 13.2. The lowest BCUT2D eigenvalue weighted by Gasteiger charge is -2.35. The first-order valence-corrected chi connectivity index (χ1v) is 6.26. The van der Waals surface area contributed by atoms with Crippen molar-refractivity contribution < 1.29 is 13.9 Å². The second-order valence-electron chi connectivity index (χ2n) is 4.53.